The molecule has 1 saturated heterocycles. The molecule has 0 radical (unpaired) electrons. The highest BCUT2D eigenvalue weighted by Crippen LogP contribution is 2.25. The minimum absolute atomic E-state index is 0.0390. The normalized spacial score (nSPS) is 17.9. The Balaban J connectivity index is 2.10. The first-order valence-electron chi connectivity index (χ1n) is 6.01. The lowest BCUT2D eigenvalue weighted by molar-refractivity contribution is -0.144. The summed E-state index contributed by atoms with van der Waals surface area (Å²) in [6.07, 6.45) is 1.26. The molecule has 2 rings (SSSR count). The molecule has 20 heavy (non-hydrogen) atoms. The molecule has 2 N–H and O–H groups in total. The lowest BCUT2D eigenvalue weighted by Crippen LogP contribution is -2.43. The number of carboxylic acid groups (broad SMARTS) is 1. The van der Waals surface area contributed by atoms with Crippen molar-refractivity contribution >= 4 is 34.3 Å². The van der Waals surface area contributed by atoms with E-state index in [9.17, 15) is 14.4 Å². The van der Waals surface area contributed by atoms with Gasteiger partial charge in [0, 0.05) is 6.54 Å². The van der Waals surface area contributed by atoms with E-state index in [1.807, 2.05) is 0 Å². The number of thiophene rings is 1. The third kappa shape index (κ3) is 2.74. The number of urea groups is 1. The first-order chi connectivity index (χ1) is 9.54. The molecule has 0 bridgehead atoms. The molecule has 8 heteroatoms. The van der Waals surface area contributed by atoms with Crippen molar-refractivity contribution in [3.63, 3.8) is 0 Å². The van der Waals surface area contributed by atoms with Crippen LogP contribution in [0.1, 0.15) is 23.2 Å². The molecule has 1 aromatic rings. The van der Waals surface area contributed by atoms with Gasteiger partial charge in [-0.1, -0.05) is 0 Å². The molecular formula is C12H14N2O5S. The molecule has 0 aliphatic carbocycles. The molecule has 108 valence electrons. The monoisotopic (exact) mass is 298 g/mol. The Kier molecular flexibility index (Phi) is 4.23. The Hall–Kier alpha value is -2.09. The van der Waals surface area contributed by atoms with Crippen LogP contribution in [-0.2, 0) is 9.53 Å². The van der Waals surface area contributed by atoms with Crippen molar-refractivity contribution in [2.24, 2.45) is 0 Å². The number of likely N-dealkylation sites (tertiary alicyclic amines) is 1. The topological polar surface area (TPSA) is 95.9 Å². The van der Waals surface area contributed by atoms with E-state index in [2.05, 4.69) is 10.1 Å². The lowest BCUT2D eigenvalue weighted by Gasteiger charge is -2.22. The van der Waals surface area contributed by atoms with Crippen molar-refractivity contribution < 1.29 is 24.2 Å². The lowest BCUT2D eigenvalue weighted by atomic mass is 10.2. The fraction of sp³-hybridized carbons (Fsp3) is 0.417. The number of anilines is 1. The SMILES string of the molecule is COC(=O)C1CCCN1C(=O)Nc1sccc1C(=O)O. The quantitative estimate of drug-likeness (QED) is 0.827. The Morgan fingerprint density at radius 1 is 1.50 bits per heavy atom. The average molecular weight is 298 g/mol. The van der Waals surface area contributed by atoms with Gasteiger partial charge in [0.1, 0.15) is 11.0 Å². The summed E-state index contributed by atoms with van der Waals surface area (Å²) in [4.78, 5) is 36.1. The minimum atomic E-state index is -1.10. The third-order valence-electron chi connectivity index (χ3n) is 3.10. The van der Waals surface area contributed by atoms with Crippen LogP contribution >= 0.6 is 11.3 Å². The molecule has 2 heterocycles. The van der Waals surface area contributed by atoms with Gasteiger partial charge in [0.2, 0.25) is 0 Å². The van der Waals surface area contributed by atoms with E-state index < -0.39 is 24.0 Å². The van der Waals surface area contributed by atoms with E-state index in [-0.39, 0.29) is 10.6 Å². The maximum Gasteiger partial charge on any atom is 0.338 e. The molecule has 1 unspecified atom stereocenters. The zero-order chi connectivity index (χ0) is 14.7. The smallest absolute Gasteiger partial charge is 0.338 e. The molecule has 0 aromatic carbocycles. The summed E-state index contributed by atoms with van der Waals surface area (Å²) in [7, 11) is 1.28. The standard InChI is InChI=1S/C12H14N2O5S/c1-19-11(17)8-3-2-5-14(8)12(18)13-9-7(10(15)16)4-6-20-9/h4,6,8H,2-3,5H2,1H3,(H,13,18)(H,15,16). The van der Waals surface area contributed by atoms with Crippen LogP contribution in [0.2, 0.25) is 0 Å². The number of ether oxygens (including phenoxy) is 1. The number of nitrogens with zero attached hydrogens (tertiary/aromatic N) is 1. The van der Waals surface area contributed by atoms with Crippen LogP contribution in [0.25, 0.3) is 0 Å². The van der Waals surface area contributed by atoms with Gasteiger partial charge in [-0.15, -0.1) is 11.3 Å². The zero-order valence-corrected chi connectivity index (χ0v) is 11.6. The highest BCUT2D eigenvalue weighted by molar-refractivity contribution is 7.14. The number of hydrogen-bond acceptors (Lipinski definition) is 5. The summed E-state index contributed by atoms with van der Waals surface area (Å²) in [5.41, 5.74) is 0.0390. The number of aromatic carboxylic acids is 1. The minimum Gasteiger partial charge on any atom is -0.478 e. The van der Waals surface area contributed by atoms with Gasteiger partial charge >= 0.3 is 18.0 Å². The largest absolute Gasteiger partial charge is 0.478 e. The average Bonchev–Trinajstić information content (AvgIpc) is 3.05. The number of rotatable bonds is 3. The van der Waals surface area contributed by atoms with Crippen molar-refractivity contribution in [3.05, 3.63) is 17.0 Å². The third-order valence-corrected chi connectivity index (χ3v) is 3.93. The number of esters is 1. The number of nitrogens with one attached hydrogen (secondary N) is 1. The van der Waals surface area contributed by atoms with Gasteiger partial charge in [-0.25, -0.2) is 14.4 Å². The van der Waals surface area contributed by atoms with Crippen molar-refractivity contribution in [2.75, 3.05) is 19.0 Å². The van der Waals surface area contributed by atoms with Crippen LogP contribution in [-0.4, -0.2) is 47.7 Å². The molecule has 0 saturated carbocycles. The summed E-state index contributed by atoms with van der Waals surface area (Å²) >= 11 is 1.12. The second-order valence-corrected chi connectivity index (χ2v) is 5.19. The summed E-state index contributed by atoms with van der Waals surface area (Å²) in [6, 6.07) is 0.334. The molecule has 1 atom stereocenters. The molecular weight excluding hydrogens is 284 g/mol. The number of carbonyl (C=O) groups excluding carboxylic acids is 2. The molecule has 1 aliphatic heterocycles. The second-order valence-electron chi connectivity index (χ2n) is 4.27. The van der Waals surface area contributed by atoms with Gasteiger partial charge in [-0.3, -0.25) is 5.32 Å². The van der Waals surface area contributed by atoms with E-state index in [0.29, 0.717) is 19.4 Å². The van der Waals surface area contributed by atoms with Gasteiger partial charge in [0.05, 0.1) is 12.7 Å². The first kappa shape index (κ1) is 14.3. The van der Waals surface area contributed by atoms with Crippen LogP contribution < -0.4 is 5.32 Å². The molecule has 7 nitrogen and oxygen atoms in total. The summed E-state index contributed by atoms with van der Waals surface area (Å²) < 4.78 is 4.66. The number of amides is 2. The highest BCUT2D eigenvalue weighted by atomic mass is 32.1. The fourth-order valence-electron chi connectivity index (χ4n) is 2.13. The molecule has 2 amide bonds. The highest BCUT2D eigenvalue weighted by Gasteiger charge is 2.35. The van der Waals surface area contributed by atoms with E-state index in [0.717, 1.165) is 11.3 Å². The van der Waals surface area contributed by atoms with Gasteiger partial charge in [-0.2, -0.15) is 0 Å². The number of methoxy groups -OCH3 is 1. The van der Waals surface area contributed by atoms with Crippen LogP contribution in [0, 0.1) is 0 Å². The van der Waals surface area contributed by atoms with E-state index >= 15 is 0 Å². The van der Waals surface area contributed by atoms with Gasteiger partial charge in [-0.05, 0) is 24.3 Å². The number of hydrogen-bond donors (Lipinski definition) is 2. The van der Waals surface area contributed by atoms with E-state index in [1.54, 1.807) is 5.38 Å². The molecule has 1 aliphatic rings. The van der Waals surface area contributed by atoms with Crippen molar-refractivity contribution in [2.45, 2.75) is 18.9 Å². The van der Waals surface area contributed by atoms with Crippen molar-refractivity contribution in [1.29, 1.82) is 0 Å². The Morgan fingerprint density at radius 2 is 2.25 bits per heavy atom. The van der Waals surface area contributed by atoms with Crippen LogP contribution in [0.15, 0.2) is 11.4 Å². The Labute approximate surface area is 119 Å². The zero-order valence-electron chi connectivity index (χ0n) is 10.8. The van der Waals surface area contributed by atoms with Crippen LogP contribution in [0.5, 0.6) is 0 Å². The van der Waals surface area contributed by atoms with Crippen LogP contribution in [0.3, 0.4) is 0 Å². The number of carbonyl (C=O) groups is 3. The van der Waals surface area contributed by atoms with Crippen molar-refractivity contribution in [3.8, 4) is 0 Å². The van der Waals surface area contributed by atoms with Gasteiger partial charge in [0.15, 0.2) is 0 Å². The van der Waals surface area contributed by atoms with E-state index in [1.165, 1.54) is 18.1 Å². The maximum absolute atomic E-state index is 12.1. The van der Waals surface area contributed by atoms with Gasteiger partial charge < -0.3 is 14.7 Å². The number of carboxylic acids is 1. The predicted octanol–water partition coefficient (Wildman–Crippen LogP) is 1.62. The van der Waals surface area contributed by atoms with Crippen molar-refractivity contribution in [1.82, 2.24) is 4.90 Å². The molecule has 1 fully saturated rings. The summed E-state index contributed by atoms with van der Waals surface area (Å²) in [5.74, 6) is -1.56. The maximum atomic E-state index is 12.1. The fourth-order valence-corrected chi connectivity index (χ4v) is 2.90. The van der Waals surface area contributed by atoms with E-state index in [4.69, 9.17) is 5.11 Å². The first-order valence-corrected chi connectivity index (χ1v) is 6.88. The van der Waals surface area contributed by atoms with Gasteiger partial charge in [0.25, 0.3) is 0 Å². The Morgan fingerprint density at radius 3 is 2.90 bits per heavy atom. The molecule has 1 aromatic heterocycles. The molecule has 0 spiro atoms. The Bertz CT molecular complexity index is 542. The summed E-state index contributed by atoms with van der Waals surface area (Å²) in [5, 5.41) is 13.4. The summed E-state index contributed by atoms with van der Waals surface area (Å²) in [6.45, 7) is 0.444. The predicted molar refractivity (Wildman–Crippen MR) is 72.0 cm³/mol. The van der Waals surface area contributed by atoms with Crippen LogP contribution in [0.4, 0.5) is 9.80 Å². The second kappa shape index (κ2) is 5.91.